The molecule has 1 heterocycles. The molecule has 2 aromatic rings. The number of methoxy groups -OCH3 is 4. The number of carboxylic acid groups (broad SMARTS) is 2. The molecule has 1 atom stereocenters. The summed E-state index contributed by atoms with van der Waals surface area (Å²) in [6.07, 6.45) is 16.6. The van der Waals surface area contributed by atoms with Crippen LogP contribution in [-0.2, 0) is 19.1 Å². The summed E-state index contributed by atoms with van der Waals surface area (Å²) in [5.41, 5.74) is 1.12. The second kappa shape index (κ2) is 27.2. The van der Waals surface area contributed by atoms with Gasteiger partial charge in [-0.05, 0) is 18.6 Å². The van der Waals surface area contributed by atoms with E-state index in [9.17, 15) is 4.79 Å². The Kier molecular flexibility index (Phi) is 23.1. The Bertz CT molecular complexity index is 1330. The Morgan fingerprint density at radius 3 is 1.74 bits per heavy atom. The molecule has 0 amide bonds. The summed E-state index contributed by atoms with van der Waals surface area (Å²) >= 11 is 0. The van der Waals surface area contributed by atoms with Crippen molar-refractivity contribution in [1.29, 1.82) is 0 Å². The molecule has 13 nitrogen and oxygen atoms in total. The molecule has 3 rings (SSSR count). The number of quaternary nitrogens is 1. The van der Waals surface area contributed by atoms with Crippen LogP contribution in [0.15, 0.2) is 36.4 Å². The average molecular weight is 761 g/mol. The quantitative estimate of drug-likeness (QED) is 0.0817. The molecule has 13 heteroatoms. The molecule has 0 radical (unpaired) electrons. The smallest absolute Gasteiger partial charge is 0.351 e. The Hall–Kier alpha value is -4.39. The van der Waals surface area contributed by atoms with E-state index in [1.54, 1.807) is 40.6 Å². The minimum Gasteiger partial charge on any atom is -0.539 e. The summed E-state index contributed by atoms with van der Waals surface area (Å²) in [6.45, 7) is 6.82. The van der Waals surface area contributed by atoms with Crippen LogP contribution in [0, 0.1) is 0 Å². The predicted molar refractivity (Wildman–Crippen MR) is 205 cm³/mol. The highest BCUT2D eigenvalue weighted by Gasteiger charge is 2.27. The molecule has 2 aromatic carbocycles. The van der Waals surface area contributed by atoms with E-state index < -0.39 is 11.9 Å². The molecule has 0 spiro atoms. The highest BCUT2D eigenvalue weighted by atomic mass is 16.6. The third-order valence-corrected chi connectivity index (χ3v) is 9.44. The molecule has 1 unspecified atom stereocenters. The normalized spacial score (nSPS) is 13.2. The third-order valence-electron chi connectivity index (χ3n) is 9.44. The van der Waals surface area contributed by atoms with Crippen molar-refractivity contribution >= 4 is 23.6 Å². The van der Waals surface area contributed by atoms with Crippen molar-refractivity contribution in [3.05, 3.63) is 36.4 Å². The van der Waals surface area contributed by atoms with Gasteiger partial charge in [0.15, 0.2) is 23.6 Å². The lowest BCUT2D eigenvalue weighted by Crippen LogP contribution is -3.16. The number of carboxylic acids is 2. The number of anilines is 1. The number of rotatable bonds is 25. The van der Waals surface area contributed by atoms with Crippen LogP contribution in [0.4, 0.5) is 5.69 Å². The first-order valence-corrected chi connectivity index (χ1v) is 19.4. The zero-order valence-corrected chi connectivity index (χ0v) is 33.2. The molecular formula is C41H64N2O11. The molecule has 0 bridgehead atoms. The fourth-order valence-corrected chi connectivity index (χ4v) is 6.48. The number of nitrogens with one attached hydrogen (secondary N) is 1. The van der Waals surface area contributed by atoms with Gasteiger partial charge in [0.05, 0.1) is 60.3 Å². The van der Waals surface area contributed by atoms with Crippen LogP contribution in [0.25, 0.3) is 0 Å². The Morgan fingerprint density at radius 1 is 0.759 bits per heavy atom. The van der Waals surface area contributed by atoms with Crippen molar-refractivity contribution in [3.8, 4) is 28.7 Å². The van der Waals surface area contributed by atoms with Gasteiger partial charge in [-0.2, -0.15) is 0 Å². The molecule has 1 fully saturated rings. The first kappa shape index (κ1) is 45.8. The minimum absolute atomic E-state index is 0.149. The number of carbonyl (C=O) groups excluding carboxylic acids is 2. The molecule has 0 aliphatic carbocycles. The summed E-state index contributed by atoms with van der Waals surface area (Å²) in [5, 5.41) is 16.3. The summed E-state index contributed by atoms with van der Waals surface area (Å²) in [6, 6.07) is 11.7. The van der Waals surface area contributed by atoms with Crippen LogP contribution >= 0.6 is 0 Å². The van der Waals surface area contributed by atoms with E-state index in [-0.39, 0.29) is 18.7 Å². The Labute approximate surface area is 321 Å². The molecule has 0 aromatic heterocycles. The lowest BCUT2D eigenvalue weighted by molar-refractivity contribution is -0.903. The fraction of sp³-hybridized carbons (Fsp3) is 0.634. The number of nitrogens with zero attached hydrogens (tertiary/aromatic N) is 1. The predicted octanol–water partition coefficient (Wildman–Crippen LogP) is 4.72. The largest absolute Gasteiger partial charge is 0.539 e. The van der Waals surface area contributed by atoms with E-state index in [4.69, 9.17) is 48.2 Å². The van der Waals surface area contributed by atoms with Crippen molar-refractivity contribution in [2.75, 3.05) is 72.7 Å². The van der Waals surface area contributed by atoms with Gasteiger partial charge < -0.3 is 53.2 Å². The first-order valence-electron chi connectivity index (χ1n) is 19.4. The first-order chi connectivity index (χ1) is 26.2. The van der Waals surface area contributed by atoms with E-state index >= 15 is 0 Å². The standard InChI is InChI=1S/C39H62N2O7.C2H2O4/c1-6-7-8-9-10-11-12-13-14-15-16-17-18-23-38(42)48-33(31-47-32-28-36(44-3)39(46-5)37(29-32)45-4)30-40-24-26-41(27-25-40)34-21-19-20-22-35(34)43-2;3-1(4)2(5)6/h19-22,28-29,33H,6-18,23-27,30-31H2,1-5H3;(H,3,4)(H,5,6). The summed E-state index contributed by atoms with van der Waals surface area (Å²) < 4.78 is 34.3. The van der Waals surface area contributed by atoms with Gasteiger partial charge in [0.1, 0.15) is 24.7 Å². The van der Waals surface area contributed by atoms with Crippen LogP contribution in [-0.4, -0.2) is 96.9 Å². The molecule has 54 heavy (non-hydrogen) atoms. The monoisotopic (exact) mass is 760 g/mol. The molecule has 1 saturated heterocycles. The van der Waals surface area contributed by atoms with Crippen molar-refractivity contribution in [2.24, 2.45) is 0 Å². The van der Waals surface area contributed by atoms with Gasteiger partial charge >= 0.3 is 11.9 Å². The SMILES string of the molecule is CCCCCCCCCCCCCCCC(=O)OC(COc1cc(OC)c(OC)c(OC)c1)C[NH+]1CCN(c2ccccc2OC)CC1.O=C([O-])C(=O)O. The van der Waals surface area contributed by atoms with E-state index in [1.165, 1.54) is 75.5 Å². The van der Waals surface area contributed by atoms with Crippen molar-refractivity contribution in [3.63, 3.8) is 0 Å². The number of esters is 1. The number of piperazine rings is 1. The molecule has 304 valence electrons. The number of hydrogen-bond donors (Lipinski definition) is 2. The maximum absolute atomic E-state index is 13.0. The second-order valence-electron chi connectivity index (χ2n) is 13.5. The molecule has 0 saturated carbocycles. The topological polar surface area (TPSA) is 158 Å². The minimum atomic E-state index is -2.07. The Morgan fingerprint density at radius 2 is 1.26 bits per heavy atom. The van der Waals surface area contributed by atoms with Gasteiger partial charge in [0, 0.05) is 18.6 Å². The summed E-state index contributed by atoms with van der Waals surface area (Å²) in [5.74, 6) is -1.17. The van der Waals surface area contributed by atoms with Gasteiger partial charge in [-0.25, -0.2) is 4.79 Å². The highest BCUT2D eigenvalue weighted by molar-refractivity contribution is 6.26. The van der Waals surface area contributed by atoms with Crippen LogP contribution in [0.1, 0.15) is 96.8 Å². The van der Waals surface area contributed by atoms with Crippen molar-refractivity contribution in [2.45, 2.75) is 103 Å². The van der Waals surface area contributed by atoms with Gasteiger partial charge in [-0.3, -0.25) is 4.79 Å². The van der Waals surface area contributed by atoms with Gasteiger partial charge in [-0.1, -0.05) is 96.1 Å². The number of unbranched alkanes of at least 4 members (excludes halogenated alkanes) is 12. The number of para-hydroxylation sites is 2. The van der Waals surface area contributed by atoms with Crippen molar-refractivity contribution < 1.29 is 57.9 Å². The number of aliphatic carboxylic acids is 2. The summed E-state index contributed by atoms with van der Waals surface area (Å²) in [7, 11) is 6.45. The molecular weight excluding hydrogens is 696 g/mol. The summed E-state index contributed by atoms with van der Waals surface area (Å²) in [4.78, 5) is 34.8. The van der Waals surface area contributed by atoms with E-state index in [0.717, 1.165) is 50.5 Å². The molecule has 1 aliphatic rings. The van der Waals surface area contributed by atoms with Crippen LogP contribution < -0.4 is 38.6 Å². The number of hydrogen-bond acceptors (Lipinski definition) is 11. The van der Waals surface area contributed by atoms with Gasteiger partial charge in [0.25, 0.3) is 0 Å². The van der Waals surface area contributed by atoms with Crippen LogP contribution in [0.2, 0.25) is 0 Å². The second-order valence-corrected chi connectivity index (χ2v) is 13.5. The third kappa shape index (κ3) is 17.6. The number of benzene rings is 2. The Balaban J connectivity index is 0.00000155. The van der Waals surface area contributed by atoms with Crippen LogP contribution in [0.5, 0.6) is 28.7 Å². The van der Waals surface area contributed by atoms with Gasteiger partial charge in [-0.15, -0.1) is 0 Å². The maximum atomic E-state index is 13.0. The van der Waals surface area contributed by atoms with E-state index in [0.29, 0.717) is 36.0 Å². The zero-order valence-electron chi connectivity index (χ0n) is 33.2. The lowest BCUT2D eigenvalue weighted by atomic mass is 10.0. The fourth-order valence-electron chi connectivity index (χ4n) is 6.48. The number of carbonyl (C=O) groups is 3. The van der Waals surface area contributed by atoms with Gasteiger partial charge in [0.2, 0.25) is 5.75 Å². The van der Waals surface area contributed by atoms with Crippen molar-refractivity contribution in [1.82, 2.24) is 0 Å². The van der Waals surface area contributed by atoms with Crippen LogP contribution in [0.3, 0.4) is 0 Å². The van der Waals surface area contributed by atoms with E-state index in [2.05, 4.69) is 17.9 Å². The average Bonchev–Trinajstić information content (AvgIpc) is 3.18. The lowest BCUT2D eigenvalue weighted by Gasteiger charge is -2.35. The molecule has 1 aliphatic heterocycles. The molecule has 2 N–H and O–H groups in total. The zero-order chi connectivity index (χ0) is 39.6. The van der Waals surface area contributed by atoms with E-state index in [1.807, 2.05) is 18.2 Å². The maximum Gasteiger partial charge on any atom is 0.351 e. The highest BCUT2D eigenvalue weighted by Crippen LogP contribution is 2.40. The number of ether oxygens (including phenoxy) is 6.